The molecule has 0 unspecified atom stereocenters. The van der Waals surface area contributed by atoms with Crippen LogP contribution in [0.2, 0.25) is 0 Å². The molecule has 1 N–H and O–H groups in total. The summed E-state index contributed by atoms with van der Waals surface area (Å²) in [5.41, 5.74) is 1.61. The summed E-state index contributed by atoms with van der Waals surface area (Å²) in [6, 6.07) is 3.02. The van der Waals surface area contributed by atoms with Crippen LogP contribution < -0.4 is 10.1 Å². The third-order valence-corrected chi connectivity index (χ3v) is 4.49. The molecule has 0 spiro atoms. The van der Waals surface area contributed by atoms with Crippen molar-refractivity contribution in [3.8, 4) is 5.75 Å². The quantitative estimate of drug-likeness (QED) is 0.167. The van der Waals surface area contributed by atoms with Crippen LogP contribution in [-0.4, -0.2) is 44.3 Å². The number of unbranched alkanes of at least 4 members (excludes halogenated alkanes) is 3. The molecule has 0 aromatic heterocycles. The van der Waals surface area contributed by atoms with E-state index in [1.54, 1.807) is 0 Å². The second kappa shape index (κ2) is 13.8. The number of rotatable bonds is 10. The van der Waals surface area contributed by atoms with Crippen LogP contribution in [0.25, 0.3) is 0 Å². The Morgan fingerprint density at radius 3 is 2.93 bits per heavy atom. The predicted octanol–water partition coefficient (Wildman–Crippen LogP) is 4.50. The molecule has 158 valence electrons. The molecule has 0 atom stereocenters. The van der Waals surface area contributed by atoms with E-state index in [-0.39, 0.29) is 36.6 Å². The Morgan fingerprint density at radius 1 is 1.36 bits per heavy atom. The lowest BCUT2D eigenvalue weighted by atomic mass is 10.1. The van der Waals surface area contributed by atoms with E-state index in [0.29, 0.717) is 19.6 Å². The molecule has 5 nitrogen and oxygen atoms in total. The van der Waals surface area contributed by atoms with Crippen LogP contribution in [-0.2, 0) is 17.8 Å². The highest BCUT2D eigenvalue weighted by Gasteiger charge is 2.16. The van der Waals surface area contributed by atoms with Gasteiger partial charge in [0.15, 0.2) is 12.8 Å². The number of halogens is 2. The molecule has 0 saturated heterocycles. The number of nitrogens with zero attached hydrogens (tertiary/aromatic N) is 2. The first kappa shape index (κ1) is 24.7. The SMILES string of the molecule is C=CCCCCCN(C)C(=NCCc1cc(F)cc2c1OCOC2)NCC.I. The van der Waals surface area contributed by atoms with Gasteiger partial charge in [0.05, 0.1) is 6.61 Å². The number of ether oxygens (including phenoxy) is 2. The summed E-state index contributed by atoms with van der Waals surface area (Å²) in [4.78, 5) is 6.86. The van der Waals surface area contributed by atoms with Gasteiger partial charge in [-0.1, -0.05) is 12.5 Å². The third-order valence-electron chi connectivity index (χ3n) is 4.49. The van der Waals surface area contributed by atoms with Crippen molar-refractivity contribution >= 4 is 29.9 Å². The van der Waals surface area contributed by atoms with Crippen LogP contribution in [0.1, 0.15) is 43.7 Å². The zero-order valence-corrected chi connectivity index (χ0v) is 19.3. The zero-order valence-electron chi connectivity index (χ0n) is 17.0. The summed E-state index contributed by atoms with van der Waals surface area (Å²) in [6.45, 7) is 8.77. The average molecular weight is 505 g/mol. The molecule has 0 amide bonds. The van der Waals surface area contributed by atoms with Gasteiger partial charge in [0.25, 0.3) is 0 Å². The van der Waals surface area contributed by atoms with Crippen LogP contribution in [0.4, 0.5) is 4.39 Å². The van der Waals surface area contributed by atoms with Crippen LogP contribution in [0.3, 0.4) is 0 Å². The van der Waals surface area contributed by atoms with E-state index in [1.165, 1.54) is 25.0 Å². The molecule has 0 aliphatic carbocycles. The average Bonchev–Trinajstić information content (AvgIpc) is 2.66. The van der Waals surface area contributed by atoms with E-state index in [1.807, 2.05) is 6.08 Å². The molecule has 0 bridgehead atoms. The van der Waals surface area contributed by atoms with Gasteiger partial charge in [-0.3, -0.25) is 4.99 Å². The molecule has 2 rings (SSSR count). The van der Waals surface area contributed by atoms with E-state index in [2.05, 4.69) is 30.8 Å². The van der Waals surface area contributed by atoms with Gasteiger partial charge in [0.2, 0.25) is 0 Å². The smallest absolute Gasteiger partial charge is 0.193 e. The molecule has 0 saturated carbocycles. The fourth-order valence-corrected chi connectivity index (χ4v) is 3.11. The lowest BCUT2D eigenvalue weighted by molar-refractivity contribution is -0.0172. The van der Waals surface area contributed by atoms with Crippen LogP contribution in [0.15, 0.2) is 29.8 Å². The Bertz CT molecular complexity index is 640. The molecular weight excluding hydrogens is 472 g/mol. The second-order valence-corrected chi connectivity index (χ2v) is 6.71. The van der Waals surface area contributed by atoms with E-state index >= 15 is 0 Å². The summed E-state index contributed by atoms with van der Waals surface area (Å²) in [7, 11) is 2.06. The molecule has 28 heavy (non-hydrogen) atoms. The molecule has 0 fully saturated rings. The number of benzene rings is 1. The molecule has 1 aliphatic rings. The van der Waals surface area contributed by atoms with Crippen molar-refractivity contribution in [2.45, 2.75) is 45.6 Å². The van der Waals surface area contributed by atoms with Crippen LogP contribution >= 0.6 is 24.0 Å². The number of nitrogens with one attached hydrogen (secondary N) is 1. The van der Waals surface area contributed by atoms with Gasteiger partial charge in [-0.2, -0.15) is 0 Å². The number of guanidine groups is 1. The lowest BCUT2D eigenvalue weighted by Crippen LogP contribution is -2.39. The Kier molecular flexibility index (Phi) is 12.1. The minimum absolute atomic E-state index is 0. The molecule has 1 heterocycles. The zero-order chi connectivity index (χ0) is 19.5. The Hall–Kier alpha value is -1.35. The van der Waals surface area contributed by atoms with Crippen molar-refractivity contribution in [2.24, 2.45) is 4.99 Å². The minimum Gasteiger partial charge on any atom is -0.467 e. The maximum atomic E-state index is 13.8. The van der Waals surface area contributed by atoms with Crippen molar-refractivity contribution in [3.05, 3.63) is 41.7 Å². The van der Waals surface area contributed by atoms with Gasteiger partial charge >= 0.3 is 0 Å². The molecule has 0 radical (unpaired) electrons. The highest BCUT2D eigenvalue weighted by molar-refractivity contribution is 14.0. The topological polar surface area (TPSA) is 46.1 Å². The van der Waals surface area contributed by atoms with Crippen molar-refractivity contribution in [2.75, 3.05) is 33.5 Å². The summed E-state index contributed by atoms with van der Waals surface area (Å²) >= 11 is 0. The first-order valence-corrected chi connectivity index (χ1v) is 9.77. The maximum Gasteiger partial charge on any atom is 0.193 e. The van der Waals surface area contributed by atoms with Crippen molar-refractivity contribution in [3.63, 3.8) is 0 Å². The number of hydrogen-bond donors (Lipinski definition) is 1. The molecule has 7 heteroatoms. The van der Waals surface area contributed by atoms with E-state index < -0.39 is 0 Å². The monoisotopic (exact) mass is 505 g/mol. The normalized spacial score (nSPS) is 13.2. The van der Waals surface area contributed by atoms with Gasteiger partial charge in [-0.15, -0.1) is 30.6 Å². The van der Waals surface area contributed by atoms with E-state index in [9.17, 15) is 4.39 Å². The minimum atomic E-state index is -0.259. The molecular formula is C21H33FIN3O2. The fraction of sp³-hybridized carbons (Fsp3) is 0.571. The number of hydrogen-bond acceptors (Lipinski definition) is 3. The lowest BCUT2D eigenvalue weighted by Gasteiger charge is -2.22. The van der Waals surface area contributed by atoms with Gasteiger partial charge in [-0.25, -0.2) is 4.39 Å². The summed E-state index contributed by atoms with van der Waals surface area (Å²) in [5, 5.41) is 3.33. The number of allylic oxidation sites excluding steroid dienone is 1. The van der Waals surface area contributed by atoms with E-state index in [0.717, 1.165) is 48.8 Å². The summed E-state index contributed by atoms with van der Waals surface area (Å²) in [6.07, 6.45) is 7.16. The molecule has 1 aromatic rings. The number of fused-ring (bicyclic) bond motifs is 1. The Balaban J connectivity index is 0.00000392. The molecule has 1 aliphatic heterocycles. The van der Waals surface area contributed by atoms with Crippen LogP contribution in [0.5, 0.6) is 5.75 Å². The first-order valence-electron chi connectivity index (χ1n) is 9.77. The van der Waals surface area contributed by atoms with Gasteiger partial charge < -0.3 is 19.7 Å². The maximum absolute atomic E-state index is 13.8. The Morgan fingerprint density at radius 2 is 2.18 bits per heavy atom. The largest absolute Gasteiger partial charge is 0.467 e. The van der Waals surface area contributed by atoms with Crippen molar-refractivity contribution in [1.29, 1.82) is 0 Å². The van der Waals surface area contributed by atoms with Gasteiger partial charge in [0.1, 0.15) is 11.6 Å². The Labute approximate surface area is 185 Å². The second-order valence-electron chi connectivity index (χ2n) is 6.71. The summed E-state index contributed by atoms with van der Waals surface area (Å²) in [5.74, 6) is 1.37. The highest BCUT2D eigenvalue weighted by atomic mass is 127. The van der Waals surface area contributed by atoms with Crippen molar-refractivity contribution in [1.82, 2.24) is 10.2 Å². The van der Waals surface area contributed by atoms with Crippen LogP contribution in [0, 0.1) is 5.82 Å². The van der Waals surface area contributed by atoms with Gasteiger partial charge in [-0.05, 0) is 50.3 Å². The predicted molar refractivity (Wildman–Crippen MR) is 123 cm³/mol. The van der Waals surface area contributed by atoms with Crippen molar-refractivity contribution < 1.29 is 13.9 Å². The van der Waals surface area contributed by atoms with Gasteiger partial charge in [0, 0.05) is 32.2 Å². The first-order chi connectivity index (χ1) is 13.2. The highest BCUT2D eigenvalue weighted by Crippen LogP contribution is 2.29. The summed E-state index contributed by atoms with van der Waals surface area (Å²) < 4.78 is 24.7. The third kappa shape index (κ3) is 7.95. The molecule has 1 aromatic carbocycles. The fourth-order valence-electron chi connectivity index (χ4n) is 3.11. The number of aliphatic imine (C=N–C) groups is 1. The van der Waals surface area contributed by atoms with E-state index in [4.69, 9.17) is 14.5 Å². The standard InChI is InChI=1S/C21H32FN3O2.HI/c1-4-6-7-8-9-12-25(3)21(23-5-2)24-11-10-17-13-19(22)14-18-15-26-16-27-20(17)18;/h4,13-14H,1,5-12,15-16H2,2-3H3,(H,23,24);1H.